The lowest BCUT2D eigenvalue weighted by Crippen LogP contribution is -2.63. The summed E-state index contributed by atoms with van der Waals surface area (Å²) in [4.78, 5) is 5.13. The first-order valence-electron chi connectivity index (χ1n) is 19.9. The van der Waals surface area contributed by atoms with E-state index in [1.165, 1.54) is 89.5 Å². The van der Waals surface area contributed by atoms with E-state index in [2.05, 4.69) is 217 Å². The predicted molar refractivity (Wildman–Crippen MR) is 238 cm³/mol. The molecule has 4 heteroatoms. The first kappa shape index (κ1) is 35.2. The lowest BCUT2D eigenvalue weighted by molar-refractivity contribution is 0.590. The fraction of sp³-hybridized carbons (Fsp3) is 0.255. The molecule has 274 valence electrons. The maximum atomic E-state index is 2.57. The van der Waals surface area contributed by atoms with Crippen LogP contribution in [0.4, 0.5) is 34.1 Å². The molecule has 3 nitrogen and oxygen atoms in total. The van der Waals surface area contributed by atoms with Crippen LogP contribution in [0.15, 0.2) is 133 Å². The van der Waals surface area contributed by atoms with Crippen molar-refractivity contribution in [3.05, 3.63) is 156 Å². The van der Waals surface area contributed by atoms with Crippen LogP contribution < -0.4 is 26.3 Å². The average molecular weight is 718 g/mol. The van der Waals surface area contributed by atoms with E-state index in [9.17, 15) is 0 Å². The van der Waals surface area contributed by atoms with Crippen molar-refractivity contribution >= 4 is 68.3 Å². The Morgan fingerprint density at radius 2 is 0.964 bits per heavy atom. The van der Waals surface area contributed by atoms with E-state index in [1.807, 2.05) is 0 Å². The lowest BCUT2D eigenvalue weighted by atomic mass is 9.34. The van der Waals surface area contributed by atoms with Gasteiger partial charge >= 0.3 is 0 Å². The smallest absolute Gasteiger partial charge is 0.273 e. The third-order valence-electron chi connectivity index (χ3n) is 11.9. The first-order chi connectivity index (χ1) is 26.1. The Balaban J connectivity index is 1.42. The van der Waals surface area contributed by atoms with Crippen LogP contribution in [0, 0.1) is 6.92 Å². The molecule has 0 fully saturated rings. The molecule has 0 radical (unpaired) electrons. The third kappa shape index (κ3) is 5.64. The third-order valence-corrected chi connectivity index (χ3v) is 11.9. The van der Waals surface area contributed by atoms with Gasteiger partial charge in [0.2, 0.25) is 0 Å². The van der Waals surface area contributed by atoms with Crippen LogP contribution in [0.3, 0.4) is 0 Å². The second-order valence-electron chi connectivity index (χ2n) is 18.9. The van der Waals surface area contributed by atoms with Gasteiger partial charge in [-0.05, 0) is 117 Å². The van der Waals surface area contributed by atoms with Crippen LogP contribution in [0.1, 0.15) is 84.6 Å². The SMILES string of the molecule is Cc1cc2c3c(c1)N(c1ccc(C(C)(C)C)cc1)c1c(n(-c4ccccc4)c4ccccc14)B3c1ccc(C(C)(C)C)cc1N2c1ccc(C(C)(C)C)cc1. The molecule has 1 aromatic heterocycles. The molecule has 0 atom stereocenters. The molecule has 9 rings (SSSR count). The fourth-order valence-electron chi connectivity index (χ4n) is 8.93. The number of nitrogens with zero attached hydrogens (tertiary/aromatic N) is 3. The van der Waals surface area contributed by atoms with Crippen molar-refractivity contribution in [3.63, 3.8) is 0 Å². The summed E-state index contributed by atoms with van der Waals surface area (Å²) in [5, 5.41) is 1.25. The van der Waals surface area contributed by atoms with Gasteiger partial charge in [0, 0.05) is 45.1 Å². The standard InChI is InChI=1S/C51H52BN3/c1-33-30-44-46-45(31-33)54(39-27-22-35(23-28-39)50(5,6)7)47-40-18-14-15-19-42(40)55(37-16-12-11-13-17-37)48(47)52(46)41-29-24-36(51(8,9)10)32-43(41)53(44)38-25-20-34(21-26-38)49(2,3)4/h11-32H,1-10H3. The number of aryl methyl sites for hydroxylation is 1. The summed E-state index contributed by atoms with van der Waals surface area (Å²) >= 11 is 0. The number of benzene rings is 6. The molecule has 0 N–H and O–H groups in total. The minimum absolute atomic E-state index is 0.00702. The van der Waals surface area contributed by atoms with Gasteiger partial charge in [0.25, 0.3) is 6.71 Å². The molecular weight excluding hydrogens is 665 g/mol. The van der Waals surface area contributed by atoms with Crippen molar-refractivity contribution in [2.45, 2.75) is 85.5 Å². The van der Waals surface area contributed by atoms with Crippen molar-refractivity contribution < 1.29 is 0 Å². The van der Waals surface area contributed by atoms with E-state index < -0.39 is 0 Å². The van der Waals surface area contributed by atoms with Crippen molar-refractivity contribution in [2.75, 3.05) is 9.80 Å². The highest BCUT2D eigenvalue weighted by molar-refractivity contribution is 7.00. The molecular formula is C51H52BN3. The van der Waals surface area contributed by atoms with Gasteiger partial charge in [-0.1, -0.05) is 135 Å². The van der Waals surface area contributed by atoms with Gasteiger partial charge in [-0.15, -0.1) is 0 Å². The molecule has 0 amide bonds. The summed E-state index contributed by atoms with van der Waals surface area (Å²) in [6.45, 7) is 23.0. The van der Waals surface area contributed by atoms with Crippen LogP contribution >= 0.6 is 0 Å². The van der Waals surface area contributed by atoms with E-state index in [1.54, 1.807) is 0 Å². The molecule has 0 saturated carbocycles. The quantitative estimate of drug-likeness (QED) is 0.169. The van der Waals surface area contributed by atoms with E-state index >= 15 is 0 Å². The summed E-state index contributed by atoms with van der Waals surface area (Å²) in [6.07, 6.45) is 0. The van der Waals surface area contributed by atoms with Gasteiger partial charge in [-0.2, -0.15) is 0 Å². The van der Waals surface area contributed by atoms with E-state index in [-0.39, 0.29) is 23.0 Å². The van der Waals surface area contributed by atoms with Crippen molar-refractivity contribution in [3.8, 4) is 5.69 Å². The van der Waals surface area contributed by atoms with Crippen LogP contribution in [0.25, 0.3) is 16.6 Å². The number of para-hydroxylation sites is 2. The summed E-state index contributed by atoms with van der Waals surface area (Å²) in [5.74, 6) is 0. The second kappa shape index (κ2) is 12.3. The molecule has 55 heavy (non-hydrogen) atoms. The number of hydrogen-bond donors (Lipinski definition) is 0. The molecule has 0 spiro atoms. The first-order valence-corrected chi connectivity index (χ1v) is 19.9. The maximum Gasteiger partial charge on any atom is 0.273 e. The number of fused-ring (bicyclic) bond motifs is 6. The number of aromatic nitrogens is 1. The zero-order chi connectivity index (χ0) is 38.6. The molecule has 6 aromatic carbocycles. The van der Waals surface area contributed by atoms with Crippen molar-refractivity contribution in [1.29, 1.82) is 0 Å². The highest BCUT2D eigenvalue weighted by Crippen LogP contribution is 2.48. The molecule has 2 aliphatic rings. The summed E-state index contributed by atoms with van der Waals surface area (Å²) < 4.78 is 2.55. The molecule has 0 unspecified atom stereocenters. The van der Waals surface area contributed by atoms with Crippen molar-refractivity contribution in [1.82, 2.24) is 4.57 Å². The number of anilines is 6. The second-order valence-corrected chi connectivity index (χ2v) is 18.9. The summed E-state index contributed by atoms with van der Waals surface area (Å²) in [7, 11) is 0. The van der Waals surface area contributed by atoms with E-state index in [0.29, 0.717) is 0 Å². The van der Waals surface area contributed by atoms with Crippen molar-refractivity contribution in [2.24, 2.45) is 0 Å². The lowest BCUT2D eigenvalue weighted by Gasteiger charge is -2.44. The number of rotatable bonds is 3. The largest absolute Gasteiger partial charge is 0.319 e. The molecule has 2 aliphatic heterocycles. The Bertz CT molecular complexity index is 2590. The Morgan fingerprint density at radius 1 is 0.455 bits per heavy atom. The van der Waals surface area contributed by atoms with E-state index in [0.717, 1.165) is 0 Å². The topological polar surface area (TPSA) is 11.4 Å². The Morgan fingerprint density at radius 3 is 1.55 bits per heavy atom. The van der Waals surface area contributed by atoms with Gasteiger partial charge in [0.05, 0.1) is 11.2 Å². The zero-order valence-corrected chi connectivity index (χ0v) is 34.1. The minimum Gasteiger partial charge on any atom is -0.319 e. The van der Waals surface area contributed by atoms with Gasteiger partial charge in [0.1, 0.15) is 0 Å². The molecule has 3 heterocycles. The van der Waals surface area contributed by atoms with Gasteiger partial charge in [-0.3, -0.25) is 0 Å². The van der Waals surface area contributed by atoms with Gasteiger partial charge in [-0.25, -0.2) is 0 Å². The van der Waals surface area contributed by atoms with Crippen LogP contribution in [0.5, 0.6) is 0 Å². The average Bonchev–Trinajstić information content (AvgIpc) is 3.48. The molecule has 0 bridgehead atoms. The van der Waals surface area contributed by atoms with Crippen LogP contribution in [-0.4, -0.2) is 11.3 Å². The fourth-order valence-corrected chi connectivity index (χ4v) is 8.93. The molecule has 7 aromatic rings. The highest BCUT2D eigenvalue weighted by atomic mass is 15.2. The zero-order valence-electron chi connectivity index (χ0n) is 34.1. The Hall–Kier alpha value is -5.48. The highest BCUT2D eigenvalue weighted by Gasteiger charge is 2.47. The van der Waals surface area contributed by atoms with Crippen LogP contribution in [0.2, 0.25) is 0 Å². The Kier molecular flexibility index (Phi) is 7.86. The predicted octanol–water partition coefficient (Wildman–Crippen LogP) is 11.9. The summed E-state index contributed by atoms with van der Waals surface area (Å²) in [6, 6.07) is 50.8. The molecule has 0 aliphatic carbocycles. The van der Waals surface area contributed by atoms with Crippen LogP contribution in [-0.2, 0) is 16.2 Å². The Labute approximate surface area is 328 Å². The minimum atomic E-state index is -0.0124. The van der Waals surface area contributed by atoms with E-state index in [4.69, 9.17) is 0 Å². The summed E-state index contributed by atoms with van der Waals surface area (Å²) in [5.41, 5.74) is 19.1. The normalized spacial score (nSPS) is 13.9. The van der Waals surface area contributed by atoms with Gasteiger partial charge in [0.15, 0.2) is 0 Å². The molecule has 0 saturated heterocycles. The van der Waals surface area contributed by atoms with Gasteiger partial charge < -0.3 is 14.4 Å². The maximum absolute atomic E-state index is 2.57. The number of hydrogen-bond acceptors (Lipinski definition) is 2. The monoisotopic (exact) mass is 717 g/mol.